The highest BCUT2D eigenvalue weighted by Gasteiger charge is 2.34. The minimum Gasteiger partial charge on any atom is -0.344 e. The van der Waals surface area contributed by atoms with Gasteiger partial charge in [0.1, 0.15) is 11.6 Å². The van der Waals surface area contributed by atoms with E-state index >= 15 is 0 Å². The van der Waals surface area contributed by atoms with Crippen molar-refractivity contribution in [1.82, 2.24) is 30.1 Å². The number of H-pyrrole nitrogens is 1. The third-order valence-electron chi connectivity index (χ3n) is 6.54. The van der Waals surface area contributed by atoms with E-state index in [2.05, 4.69) is 26.3 Å². The van der Waals surface area contributed by atoms with Gasteiger partial charge in [-0.05, 0) is 31.9 Å². The summed E-state index contributed by atoms with van der Waals surface area (Å²) in [6, 6.07) is 8.91. The van der Waals surface area contributed by atoms with Crippen molar-refractivity contribution in [2.45, 2.75) is 31.8 Å². The lowest BCUT2D eigenvalue weighted by atomic mass is 10.0. The molecule has 2 fully saturated rings. The lowest BCUT2D eigenvalue weighted by molar-refractivity contribution is -0.137. The average Bonchev–Trinajstić information content (AvgIpc) is 3.60. The second-order valence-electron chi connectivity index (χ2n) is 9.15. The van der Waals surface area contributed by atoms with Crippen molar-refractivity contribution >= 4 is 28.9 Å². The molecule has 178 valence electrons. The molecule has 2 N–H and O–H groups in total. The molecule has 1 atom stereocenters. The number of carbonyl (C=O) groups excluding carboxylic acids is 3. The maximum Gasteiger partial charge on any atom is 0.255 e. The summed E-state index contributed by atoms with van der Waals surface area (Å²) in [5, 5.41) is 11.6. The molecule has 1 aliphatic heterocycles. The van der Waals surface area contributed by atoms with Gasteiger partial charge >= 0.3 is 0 Å². The molecule has 1 saturated heterocycles. The van der Waals surface area contributed by atoms with Gasteiger partial charge in [0.25, 0.3) is 11.8 Å². The molecule has 1 aromatic carbocycles. The maximum absolute atomic E-state index is 12.9. The molecule has 0 unspecified atom stereocenters. The smallest absolute Gasteiger partial charge is 0.255 e. The highest BCUT2D eigenvalue weighted by atomic mass is 16.2. The molecule has 0 radical (unpaired) electrons. The topological polar surface area (TPSA) is 135 Å². The minimum atomic E-state index is -0.741. The second kappa shape index (κ2) is 8.83. The molecular weight excluding hydrogens is 446 g/mol. The molecule has 3 amide bonds. The number of aromatic amines is 1. The Labute approximate surface area is 201 Å². The molecule has 3 heterocycles. The van der Waals surface area contributed by atoms with Crippen LogP contribution in [0.25, 0.3) is 22.4 Å². The zero-order chi connectivity index (χ0) is 24.7. The number of amides is 3. The third-order valence-corrected chi connectivity index (χ3v) is 6.54. The number of carbonyl (C=O) groups is 3. The van der Waals surface area contributed by atoms with Gasteiger partial charge in [0, 0.05) is 43.5 Å². The van der Waals surface area contributed by atoms with Gasteiger partial charge in [-0.15, -0.1) is 0 Å². The van der Waals surface area contributed by atoms with E-state index < -0.39 is 11.9 Å². The van der Waals surface area contributed by atoms with Crippen LogP contribution in [0.3, 0.4) is 0 Å². The standard InChI is InChI=1S/C25H25N7O3/c1-14(24(34)32-12-15(9-26)13-32)29-23(33)19-10-27-22-21(19)30-20(11-28-22)16-4-3-5-17(8-16)25(35)31(2)18-6-7-18/h3-5,8,10-11,14-15,18H,6-7,12-13H2,1-2H3,(H,27,28)(H,29,33)/t14-/m1/s1. The van der Waals surface area contributed by atoms with E-state index in [0.29, 0.717) is 41.6 Å². The van der Waals surface area contributed by atoms with Crippen LogP contribution in [0, 0.1) is 17.2 Å². The molecule has 0 bridgehead atoms. The molecule has 3 aromatic rings. The second-order valence-corrected chi connectivity index (χ2v) is 9.15. The van der Waals surface area contributed by atoms with Crippen molar-refractivity contribution in [1.29, 1.82) is 5.26 Å². The Bertz CT molecular complexity index is 1360. The normalized spacial score (nSPS) is 16.3. The first kappa shape index (κ1) is 22.5. The average molecular weight is 472 g/mol. The van der Waals surface area contributed by atoms with Crippen LogP contribution in [0.2, 0.25) is 0 Å². The van der Waals surface area contributed by atoms with E-state index in [9.17, 15) is 14.4 Å². The Balaban J connectivity index is 1.35. The molecule has 1 saturated carbocycles. The number of benzene rings is 1. The summed E-state index contributed by atoms with van der Waals surface area (Å²) in [6.45, 7) is 2.39. The molecule has 0 spiro atoms. The number of likely N-dealkylation sites (tertiary alicyclic amines) is 1. The lowest BCUT2D eigenvalue weighted by Gasteiger charge is -2.37. The van der Waals surface area contributed by atoms with E-state index in [1.807, 2.05) is 13.1 Å². The van der Waals surface area contributed by atoms with Gasteiger partial charge in [-0.3, -0.25) is 14.4 Å². The maximum atomic E-state index is 12.9. The molecule has 5 rings (SSSR count). The van der Waals surface area contributed by atoms with Gasteiger partial charge in [-0.25, -0.2) is 9.97 Å². The summed E-state index contributed by atoms with van der Waals surface area (Å²) in [5.74, 6) is -0.857. The fourth-order valence-electron chi connectivity index (χ4n) is 4.20. The first-order valence-electron chi connectivity index (χ1n) is 11.6. The van der Waals surface area contributed by atoms with Crippen molar-refractivity contribution in [3.63, 3.8) is 0 Å². The van der Waals surface area contributed by atoms with Gasteiger partial charge < -0.3 is 20.1 Å². The van der Waals surface area contributed by atoms with Crippen LogP contribution in [0.4, 0.5) is 0 Å². The molecule has 35 heavy (non-hydrogen) atoms. The Kier molecular flexibility index (Phi) is 5.68. The fourth-order valence-corrected chi connectivity index (χ4v) is 4.20. The summed E-state index contributed by atoms with van der Waals surface area (Å²) in [7, 11) is 1.82. The van der Waals surface area contributed by atoms with Crippen LogP contribution in [-0.2, 0) is 4.79 Å². The monoisotopic (exact) mass is 471 g/mol. The first-order chi connectivity index (χ1) is 16.9. The van der Waals surface area contributed by atoms with E-state index in [0.717, 1.165) is 18.4 Å². The quantitative estimate of drug-likeness (QED) is 0.564. The van der Waals surface area contributed by atoms with Gasteiger partial charge in [-0.1, -0.05) is 12.1 Å². The van der Waals surface area contributed by atoms with Gasteiger partial charge in [0.15, 0.2) is 5.65 Å². The predicted molar refractivity (Wildman–Crippen MR) is 127 cm³/mol. The number of nitrogens with zero attached hydrogens (tertiary/aromatic N) is 5. The molecule has 2 aliphatic rings. The Morgan fingerprint density at radius 3 is 2.77 bits per heavy atom. The molecule has 1 aliphatic carbocycles. The SMILES string of the molecule is C[C@@H](NC(=O)c1c[nH]c2ncc(-c3cccc(C(=O)N(C)C4CC4)c3)nc12)C(=O)N1CC(C#N)C1. The van der Waals surface area contributed by atoms with Crippen molar-refractivity contribution in [3.8, 4) is 17.3 Å². The van der Waals surface area contributed by atoms with Gasteiger partial charge in [-0.2, -0.15) is 5.26 Å². The van der Waals surface area contributed by atoms with Crippen molar-refractivity contribution < 1.29 is 14.4 Å². The van der Waals surface area contributed by atoms with Gasteiger partial charge in [0.2, 0.25) is 5.91 Å². The zero-order valence-corrected chi connectivity index (χ0v) is 19.5. The summed E-state index contributed by atoms with van der Waals surface area (Å²) < 4.78 is 0. The predicted octanol–water partition coefficient (Wildman–Crippen LogP) is 1.96. The summed E-state index contributed by atoms with van der Waals surface area (Å²) in [6.07, 6.45) is 5.17. The van der Waals surface area contributed by atoms with Crippen LogP contribution in [0.5, 0.6) is 0 Å². The number of nitrogens with one attached hydrogen (secondary N) is 2. The number of aromatic nitrogens is 3. The number of rotatable bonds is 6. The highest BCUT2D eigenvalue weighted by Crippen LogP contribution is 2.28. The largest absolute Gasteiger partial charge is 0.344 e. The number of fused-ring (bicyclic) bond motifs is 1. The van der Waals surface area contributed by atoms with Crippen molar-refractivity contribution in [3.05, 3.63) is 47.8 Å². The van der Waals surface area contributed by atoms with Crippen molar-refractivity contribution in [2.75, 3.05) is 20.1 Å². The van der Waals surface area contributed by atoms with E-state index in [1.165, 1.54) is 6.20 Å². The fraction of sp³-hybridized carbons (Fsp3) is 0.360. The highest BCUT2D eigenvalue weighted by molar-refractivity contribution is 6.06. The number of hydrogen-bond acceptors (Lipinski definition) is 6. The Hall–Kier alpha value is -4.26. The number of nitriles is 1. The Morgan fingerprint density at radius 2 is 2.06 bits per heavy atom. The van der Waals surface area contributed by atoms with E-state index in [-0.39, 0.29) is 23.3 Å². The molecular formula is C25H25N7O3. The van der Waals surface area contributed by atoms with E-state index in [4.69, 9.17) is 5.26 Å². The first-order valence-corrected chi connectivity index (χ1v) is 11.6. The van der Waals surface area contributed by atoms with Crippen LogP contribution in [-0.4, -0.2) is 74.7 Å². The van der Waals surface area contributed by atoms with Crippen LogP contribution in [0.1, 0.15) is 40.5 Å². The number of hydrogen-bond donors (Lipinski definition) is 2. The third kappa shape index (κ3) is 4.33. The summed E-state index contributed by atoms with van der Waals surface area (Å²) in [4.78, 5) is 53.5. The summed E-state index contributed by atoms with van der Waals surface area (Å²) >= 11 is 0. The van der Waals surface area contributed by atoms with Crippen LogP contribution >= 0.6 is 0 Å². The van der Waals surface area contributed by atoms with E-state index in [1.54, 1.807) is 41.1 Å². The molecule has 10 nitrogen and oxygen atoms in total. The Morgan fingerprint density at radius 1 is 1.29 bits per heavy atom. The van der Waals surface area contributed by atoms with Crippen LogP contribution < -0.4 is 5.32 Å². The zero-order valence-electron chi connectivity index (χ0n) is 19.5. The molecule has 2 aromatic heterocycles. The lowest BCUT2D eigenvalue weighted by Crippen LogP contribution is -2.55. The molecule has 10 heteroatoms. The van der Waals surface area contributed by atoms with Gasteiger partial charge in [0.05, 0.1) is 29.4 Å². The van der Waals surface area contributed by atoms with Crippen molar-refractivity contribution in [2.24, 2.45) is 5.92 Å². The summed E-state index contributed by atoms with van der Waals surface area (Å²) in [5.41, 5.74) is 2.91. The van der Waals surface area contributed by atoms with Crippen LogP contribution in [0.15, 0.2) is 36.7 Å². The minimum absolute atomic E-state index is 0.0351.